The highest BCUT2D eigenvalue weighted by Gasteiger charge is 2.19. The molecule has 0 heterocycles. The van der Waals surface area contributed by atoms with E-state index in [1.165, 1.54) is 7.11 Å². The molecule has 0 unspecified atom stereocenters. The third kappa shape index (κ3) is 6.19. The van der Waals surface area contributed by atoms with E-state index < -0.39 is 11.8 Å². The number of rotatable bonds is 11. The number of benzene rings is 2. The van der Waals surface area contributed by atoms with Gasteiger partial charge in [-0.15, -0.1) is 0 Å². The van der Waals surface area contributed by atoms with Crippen LogP contribution in [0.15, 0.2) is 30.3 Å². The van der Waals surface area contributed by atoms with Crippen molar-refractivity contribution >= 4 is 11.8 Å². The normalized spacial score (nSPS) is 10.2. The SMILES string of the molecule is CCOc1cc(C(=O)NNC(=O)c2cc(OCC)c(OCC)c(OCC)c2)ccc1OC. The van der Waals surface area contributed by atoms with E-state index in [0.29, 0.717) is 60.7 Å². The van der Waals surface area contributed by atoms with E-state index in [1.54, 1.807) is 30.3 Å². The molecule has 0 saturated heterocycles. The van der Waals surface area contributed by atoms with Crippen molar-refractivity contribution in [1.29, 1.82) is 0 Å². The van der Waals surface area contributed by atoms with Crippen LogP contribution in [0.1, 0.15) is 48.4 Å². The number of carbonyl (C=O) groups is 2. The summed E-state index contributed by atoms with van der Waals surface area (Å²) in [5.74, 6) is 1.08. The number of amides is 2. The summed E-state index contributed by atoms with van der Waals surface area (Å²) in [5, 5.41) is 0. The molecule has 2 aromatic carbocycles. The lowest BCUT2D eigenvalue weighted by molar-refractivity contribution is 0.0846. The average molecular weight is 447 g/mol. The van der Waals surface area contributed by atoms with Crippen molar-refractivity contribution in [3.63, 3.8) is 0 Å². The van der Waals surface area contributed by atoms with Gasteiger partial charge in [-0.05, 0) is 58.0 Å². The van der Waals surface area contributed by atoms with Gasteiger partial charge in [0.05, 0.1) is 33.5 Å². The minimum Gasteiger partial charge on any atom is -0.493 e. The summed E-state index contributed by atoms with van der Waals surface area (Å²) in [6, 6.07) is 7.82. The van der Waals surface area contributed by atoms with Crippen molar-refractivity contribution in [3.8, 4) is 28.7 Å². The van der Waals surface area contributed by atoms with Gasteiger partial charge in [0.2, 0.25) is 5.75 Å². The molecular formula is C23H30N2O7. The van der Waals surface area contributed by atoms with E-state index in [1.807, 2.05) is 27.7 Å². The third-order valence-electron chi connectivity index (χ3n) is 4.19. The average Bonchev–Trinajstić information content (AvgIpc) is 2.79. The monoisotopic (exact) mass is 446 g/mol. The molecule has 0 spiro atoms. The smallest absolute Gasteiger partial charge is 0.269 e. The van der Waals surface area contributed by atoms with Crippen LogP contribution in [0.3, 0.4) is 0 Å². The molecule has 32 heavy (non-hydrogen) atoms. The maximum Gasteiger partial charge on any atom is 0.269 e. The van der Waals surface area contributed by atoms with Crippen LogP contribution in [-0.2, 0) is 0 Å². The molecule has 0 saturated carbocycles. The number of methoxy groups -OCH3 is 1. The summed E-state index contributed by atoms with van der Waals surface area (Å²) in [6.45, 7) is 8.92. The molecule has 0 aliphatic carbocycles. The molecule has 0 atom stereocenters. The first-order valence-electron chi connectivity index (χ1n) is 10.5. The number of hydrogen-bond acceptors (Lipinski definition) is 7. The Labute approximate surface area is 187 Å². The zero-order chi connectivity index (χ0) is 23.5. The van der Waals surface area contributed by atoms with Crippen LogP contribution in [0.25, 0.3) is 0 Å². The molecular weight excluding hydrogens is 416 g/mol. The molecule has 9 nitrogen and oxygen atoms in total. The molecule has 0 aliphatic rings. The van der Waals surface area contributed by atoms with Crippen LogP contribution in [0, 0.1) is 0 Å². The number of carbonyl (C=O) groups excluding carboxylic acids is 2. The Morgan fingerprint density at radius 3 is 1.62 bits per heavy atom. The van der Waals surface area contributed by atoms with Crippen molar-refractivity contribution in [3.05, 3.63) is 41.5 Å². The fourth-order valence-electron chi connectivity index (χ4n) is 2.86. The molecule has 0 bridgehead atoms. The molecule has 9 heteroatoms. The molecule has 2 rings (SSSR count). The van der Waals surface area contributed by atoms with Gasteiger partial charge >= 0.3 is 0 Å². The van der Waals surface area contributed by atoms with Crippen LogP contribution >= 0.6 is 0 Å². The van der Waals surface area contributed by atoms with Crippen molar-refractivity contribution in [2.45, 2.75) is 27.7 Å². The Morgan fingerprint density at radius 2 is 1.12 bits per heavy atom. The molecule has 174 valence electrons. The van der Waals surface area contributed by atoms with E-state index >= 15 is 0 Å². The summed E-state index contributed by atoms with van der Waals surface area (Å²) in [6.07, 6.45) is 0. The summed E-state index contributed by atoms with van der Waals surface area (Å²) in [5.41, 5.74) is 5.34. The largest absolute Gasteiger partial charge is 0.493 e. The predicted octanol–water partition coefficient (Wildman–Crippen LogP) is 3.36. The second-order valence-corrected chi connectivity index (χ2v) is 6.31. The molecule has 2 amide bonds. The lowest BCUT2D eigenvalue weighted by atomic mass is 10.1. The number of hydrogen-bond donors (Lipinski definition) is 2. The third-order valence-corrected chi connectivity index (χ3v) is 4.19. The number of hydrazine groups is 1. The van der Waals surface area contributed by atoms with E-state index in [2.05, 4.69) is 10.9 Å². The van der Waals surface area contributed by atoms with Gasteiger partial charge in [0.15, 0.2) is 23.0 Å². The van der Waals surface area contributed by atoms with Crippen LogP contribution in [-0.4, -0.2) is 45.4 Å². The van der Waals surface area contributed by atoms with Gasteiger partial charge in [-0.25, -0.2) is 0 Å². The van der Waals surface area contributed by atoms with Crippen LogP contribution < -0.4 is 34.5 Å². The van der Waals surface area contributed by atoms with E-state index in [0.717, 1.165) is 0 Å². The van der Waals surface area contributed by atoms with Crippen molar-refractivity contribution in [1.82, 2.24) is 10.9 Å². The Bertz CT molecular complexity index is 904. The quantitative estimate of drug-likeness (QED) is 0.510. The fraction of sp³-hybridized carbons (Fsp3) is 0.391. The van der Waals surface area contributed by atoms with E-state index in [-0.39, 0.29) is 5.56 Å². The van der Waals surface area contributed by atoms with Gasteiger partial charge in [0.1, 0.15) is 0 Å². The summed E-state index contributed by atoms with van der Waals surface area (Å²) < 4.78 is 27.6. The maximum atomic E-state index is 12.7. The van der Waals surface area contributed by atoms with Gasteiger partial charge in [0, 0.05) is 11.1 Å². The van der Waals surface area contributed by atoms with Crippen molar-refractivity contribution < 1.29 is 33.3 Å². The highest BCUT2D eigenvalue weighted by molar-refractivity contribution is 6.00. The first kappa shape index (κ1) is 24.6. The summed E-state index contributed by atoms with van der Waals surface area (Å²) in [4.78, 5) is 25.2. The van der Waals surface area contributed by atoms with Crippen LogP contribution in [0.4, 0.5) is 0 Å². The fourth-order valence-corrected chi connectivity index (χ4v) is 2.86. The highest BCUT2D eigenvalue weighted by atomic mass is 16.5. The molecule has 0 aliphatic heterocycles. The molecule has 0 aromatic heterocycles. The van der Waals surface area contributed by atoms with Gasteiger partial charge < -0.3 is 23.7 Å². The first-order valence-corrected chi connectivity index (χ1v) is 10.5. The second kappa shape index (κ2) is 12.3. The van der Waals surface area contributed by atoms with Crippen LogP contribution in [0.2, 0.25) is 0 Å². The Morgan fingerprint density at radius 1 is 0.656 bits per heavy atom. The van der Waals surface area contributed by atoms with Gasteiger partial charge in [-0.3, -0.25) is 20.4 Å². The lowest BCUT2D eigenvalue weighted by Gasteiger charge is -2.17. The minimum absolute atomic E-state index is 0.241. The predicted molar refractivity (Wildman–Crippen MR) is 119 cm³/mol. The topological polar surface area (TPSA) is 104 Å². The molecule has 0 fully saturated rings. The summed E-state index contributed by atoms with van der Waals surface area (Å²) in [7, 11) is 1.52. The van der Waals surface area contributed by atoms with Gasteiger partial charge in [-0.1, -0.05) is 0 Å². The molecule has 2 aromatic rings. The molecule has 2 N–H and O–H groups in total. The zero-order valence-electron chi connectivity index (χ0n) is 19.1. The highest BCUT2D eigenvalue weighted by Crippen LogP contribution is 2.39. The van der Waals surface area contributed by atoms with E-state index in [9.17, 15) is 9.59 Å². The first-order chi connectivity index (χ1) is 15.5. The number of ether oxygens (including phenoxy) is 5. The Balaban J connectivity index is 2.19. The Hall–Kier alpha value is -3.62. The van der Waals surface area contributed by atoms with Gasteiger partial charge in [0.25, 0.3) is 11.8 Å². The second-order valence-electron chi connectivity index (χ2n) is 6.31. The maximum absolute atomic E-state index is 12.7. The van der Waals surface area contributed by atoms with Crippen molar-refractivity contribution in [2.24, 2.45) is 0 Å². The Kier molecular flexibility index (Phi) is 9.46. The van der Waals surface area contributed by atoms with Crippen LogP contribution in [0.5, 0.6) is 28.7 Å². The van der Waals surface area contributed by atoms with E-state index in [4.69, 9.17) is 23.7 Å². The lowest BCUT2D eigenvalue weighted by Crippen LogP contribution is -2.41. The molecule has 0 radical (unpaired) electrons. The minimum atomic E-state index is -0.540. The van der Waals surface area contributed by atoms with Gasteiger partial charge in [-0.2, -0.15) is 0 Å². The zero-order valence-corrected chi connectivity index (χ0v) is 19.1. The van der Waals surface area contributed by atoms with Crippen molar-refractivity contribution in [2.75, 3.05) is 33.5 Å². The number of nitrogens with one attached hydrogen (secondary N) is 2. The standard InChI is InChI=1S/C23H30N2O7/c1-6-29-18-12-15(10-11-17(18)28-5)22(26)24-25-23(27)16-13-19(30-7-2)21(32-9-4)20(14-16)31-8-3/h10-14H,6-9H2,1-5H3,(H,24,26)(H,25,27). The summed E-state index contributed by atoms with van der Waals surface area (Å²) >= 11 is 0.